The number of hydrogen-bond donors (Lipinski definition) is 0. The number of likely N-dealkylation sites (tertiary alicyclic amines) is 1. The summed E-state index contributed by atoms with van der Waals surface area (Å²) in [5.74, 6) is 1.06. The Bertz CT molecular complexity index is 454. The van der Waals surface area contributed by atoms with Crippen LogP contribution in [0.5, 0.6) is 0 Å². The molecule has 3 fully saturated rings. The summed E-state index contributed by atoms with van der Waals surface area (Å²) in [5, 5.41) is 1.94. The summed E-state index contributed by atoms with van der Waals surface area (Å²) < 4.78 is 5.29. The van der Waals surface area contributed by atoms with E-state index in [1.54, 1.807) is 0 Å². The summed E-state index contributed by atoms with van der Waals surface area (Å²) >= 11 is 0. The van der Waals surface area contributed by atoms with Crippen molar-refractivity contribution in [3.63, 3.8) is 0 Å². The Morgan fingerprint density at radius 1 is 0.808 bits per heavy atom. The Morgan fingerprint density at radius 2 is 1.50 bits per heavy atom. The highest BCUT2D eigenvalue weighted by Crippen LogP contribution is 2.23. The van der Waals surface area contributed by atoms with Gasteiger partial charge in [0.25, 0.3) is 0 Å². The van der Waals surface area contributed by atoms with Crippen molar-refractivity contribution in [3.8, 4) is 0 Å². The quantitative estimate of drug-likeness (QED) is 0.708. The van der Waals surface area contributed by atoms with Crippen molar-refractivity contribution in [1.82, 2.24) is 14.9 Å². The third kappa shape index (κ3) is 5.93. The SMILES string of the molecule is O=C(CCC1CCN(C(=O)CCN2CCCCO2)CC1)N1CCOCC1. The molecule has 0 N–H and O–H groups in total. The number of morpholine rings is 1. The van der Waals surface area contributed by atoms with E-state index in [0.29, 0.717) is 38.5 Å². The molecule has 0 spiro atoms. The molecule has 26 heavy (non-hydrogen) atoms. The molecule has 0 aromatic heterocycles. The predicted octanol–water partition coefficient (Wildman–Crippen LogP) is 1.28. The van der Waals surface area contributed by atoms with Crippen LogP contribution < -0.4 is 0 Å². The Kier molecular flexibility index (Phi) is 7.70. The number of hydroxylamine groups is 2. The molecule has 0 radical (unpaired) electrons. The van der Waals surface area contributed by atoms with Crippen molar-refractivity contribution in [2.45, 2.75) is 44.9 Å². The first-order valence-corrected chi connectivity index (χ1v) is 10.2. The second kappa shape index (κ2) is 10.2. The van der Waals surface area contributed by atoms with Crippen LogP contribution in [0.15, 0.2) is 0 Å². The summed E-state index contributed by atoms with van der Waals surface area (Å²) in [6.45, 7) is 6.86. The van der Waals surface area contributed by atoms with Crippen molar-refractivity contribution in [3.05, 3.63) is 0 Å². The van der Waals surface area contributed by atoms with Gasteiger partial charge in [0, 0.05) is 52.1 Å². The van der Waals surface area contributed by atoms with Crippen LogP contribution in [-0.4, -0.2) is 85.8 Å². The first-order chi connectivity index (χ1) is 12.7. The number of amides is 2. The van der Waals surface area contributed by atoms with Gasteiger partial charge in [-0.3, -0.25) is 14.4 Å². The van der Waals surface area contributed by atoms with Gasteiger partial charge in [0.15, 0.2) is 0 Å². The molecule has 0 aromatic carbocycles. The maximum absolute atomic E-state index is 12.4. The lowest BCUT2D eigenvalue weighted by Gasteiger charge is -2.33. The van der Waals surface area contributed by atoms with Gasteiger partial charge in [0.05, 0.1) is 19.8 Å². The number of carbonyl (C=O) groups is 2. The maximum atomic E-state index is 12.4. The molecule has 0 aromatic rings. The van der Waals surface area contributed by atoms with E-state index in [9.17, 15) is 9.59 Å². The monoisotopic (exact) mass is 367 g/mol. The molecule has 3 aliphatic rings. The highest BCUT2D eigenvalue weighted by molar-refractivity contribution is 5.77. The normalized spacial score (nSPS) is 23.2. The van der Waals surface area contributed by atoms with Crippen LogP contribution in [0.4, 0.5) is 0 Å². The number of piperidine rings is 1. The fraction of sp³-hybridized carbons (Fsp3) is 0.895. The molecular formula is C19H33N3O4. The number of ether oxygens (including phenoxy) is 1. The Labute approximate surface area is 156 Å². The van der Waals surface area contributed by atoms with Crippen LogP contribution in [0, 0.1) is 5.92 Å². The zero-order valence-corrected chi connectivity index (χ0v) is 15.9. The van der Waals surface area contributed by atoms with E-state index >= 15 is 0 Å². The minimum absolute atomic E-state index is 0.238. The molecule has 7 heteroatoms. The van der Waals surface area contributed by atoms with Gasteiger partial charge in [-0.1, -0.05) is 0 Å². The lowest BCUT2D eigenvalue weighted by Crippen LogP contribution is -2.42. The van der Waals surface area contributed by atoms with Gasteiger partial charge >= 0.3 is 0 Å². The largest absolute Gasteiger partial charge is 0.378 e. The predicted molar refractivity (Wildman–Crippen MR) is 97.3 cm³/mol. The van der Waals surface area contributed by atoms with Crippen LogP contribution in [0.1, 0.15) is 44.9 Å². The molecule has 148 valence electrons. The fourth-order valence-electron chi connectivity index (χ4n) is 3.97. The standard InChI is InChI=1S/C19H33N3O4/c23-18(21-12-15-25-16-13-21)4-3-17-5-9-20(10-6-17)19(24)7-11-22-8-1-2-14-26-22/h17H,1-16H2. The van der Waals surface area contributed by atoms with Gasteiger partial charge in [-0.05, 0) is 38.0 Å². The van der Waals surface area contributed by atoms with Crippen LogP contribution in [0.3, 0.4) is 0 Å². The van der Waals surface area contributed by atoms with Gasteiger partial charge in [-0.25, -0.2) is 0 Å². The Hall–Kier alpha value is -1.18. The average molecular weight is 367 g/mol. The van der Waals surface area contributed by atoms with Gasteiger partial charge in [-0.2, -0.15) is 5.06 Å². The molecule has 7 nitrogen and oxygen atoms in total. The molecule has 0 aliphatic carbocycles. The van der Waals surface area contributed by atoms with Crippen molar-refractivity contribution >= 4 is 11.8 Å². The maximum Gasteiger partial charge on any atom is 0.223 e. The molecule has 3 aliphatic heterocycles. The number of carbonyl (C=O) groups excluding carboxylic acids is 2. The van der Waals surface area contributed by atoms with Gasteiger partial charge in [-0.15, -0.1) is 0 Å². The summed E-state index contributed by atoms with van der Waals surface area (Å²) in [6.07, 6.45) is 6.42. The van der Waals surface area contributed by atoms with E-state index in [4.69, 9.17) is 9.57 Å². The first-order valence-electron chi connectivity index (χ1n) is 10.2. The van der Waals surface area contributed by atoms with Gasteiger partial charge < -0.3 is 14.5 Å². The van der Waals surface area contributed by atoms with Crippen molar-refractivity contribution in [2.75, 3.05) is 59.1 Å². The topological polar surface area (TPSA) is 62.3 Å². The molecule has 2 amide bonds. The fourth-order valence-corrected chi connectivity index (χ4v) is 3.97. The Morgan fingerprint density at radius 3 is 2.19 bits per heavy atom. The van der Waals surface area contributed by atoms with E-state index in [0.717, 1.165) is 71.4 Å². The van der Waals surface area contributed by atoms with Crippen molar-refractivity contribution < 1.29 is 19.2 Å². The minimum Gasteiger partial charge on any atom is -0.378 e. The molecule has 3 heterocycles. The zero-order valence-electron chi connectivity index (χ0n) is 15.9. The first kappa shape index (κ1) is 19.6. The minimum atomic E-state index is 0.238. The molecular weight excluding hydrogens is 334 g/mol. The molecule has 0 unspecified atom stereocenters. The summed E-state index contributed by atoms with van der Waals surface area (Å²) in [4.78, 5) is 34.1. The smallest absolute Gasteiger partial charge is 0.223 e. The molecule has 0 atom stereocenters. The third-order valence-corrected chi connectivity index (χ3v) is 5.75. The zero-order chi connectivity index (χ0) is 18.2. The van der Waals surface area contributed by atoms with Crippen molar-refractivity contribution in [1.29, 1.82) is 0 Å². The summed E-state index contributed by atoms with van der Waals surface area (Å²) in [5.41, 5.74) is 0. The van der Waals surface area contributed by atoms with Crippen LogP contribution in [-0.2, 0) is 19.2 Å². The van der Waals surface area contributed by atoms with Crippen molar-refractivity contribution in [2.24, 2.45) is 5.92 Å². The van der Waals surface area contributed by atoms with Crippen LogP contribution in [0.2, 0.25) is 0 Å². The lowest BCUT2D eigenvalue weighted by molar-refractivity contribution is -0.182. The molecule has 3 saturated heterocycles. The average Bonchev–Trinajstić information content (AvgIpc) is 2.72. The lowest BCUT2D eigenvalue weighted by atomic mass is 9.91. The van der Waals surface area contributed by atoms with Gasteiger partial charge in [0.2, 0.25) is 11.8 Å². The molecule has 0 bridgehead atoms. The second-order valence-corrected chi connectivity index (χ2v) is 7.58. The number of hydrogen-bond acceptors (Lipinski definition) is 5. The Balaban J connectivity index is 1.29. The number of rotatable bonds is 6. The van der Waals surface area contributed by atoms with Crippen LogP contribution in [0.25, 0.3) is 0 Å². The summed E-state index contributed by atoms with van der Waals surface area (Å²) in [6, 6.07) is 0. The van der Waals surface area contributed by atoms with Crippen LogP contribution >= 0.6 is 0 Å². The van der Waals surface area contributed by atoms with Gasteiger partial charge in [0.1, 0.15) is 0 Å². The summed E-state index contributed by atoms with van der Waals surface area (Å²) in [7, 11) is 0. The van der Waals surface area contributed by atoms with E-state index < -0.39 is 0 Å². The third-order valence-electron chi connectivity index (χ3n) is 5.75. The highest BCUT2D eigenvalue weighted by atomic mass is 16.7. The van der Waals surface area contributed by atoms with E-state index in [-0.39, 0.29) is 11.8 Å². The van der Waals surface area contributed by atoms with E-state index in [1.165, 1.54) is 0 Å². The molecule has 0 saturated carbocycles. The molecule has 3 rings (SSSR count). The van der Waals surface area contributed by atoms with E-state index in [1.807, 2.05) is 14.9 Å². The highest BCUT2D eigenvalue weighted by Gasteiger charge is 2.25. The van der Waals surface area contributed by atoms with E-state index in [2.05, 4.69) is 0 Å². The second-order valence-electron chi connectivity index (χ2n) is 7.58. The number of nitrogens with zero attached hydrogens (tertiary/aromatic N) is 3.